The van der Waals surface area contributed by atoms with Gasteiger partial charge in [0.05, 0.1) is 10.6 Å². The van der Waals surface area contributed by atoms with Gasteiger partial charge in [0.25, 0.3) is 15.9 Å². The Hall–Kier alpha value is -2.13. The summed E-state index contributed by atoms with van der Waals surface area (Å²) >= 11 is 5.98. The number of carbonyl (C=O) groups excluding carboxylic acids is 1. The van der Waals surface area contributed by atoms with E-state index in [0.717, 1.165) is 37.0 Å². The van der Waals surface area contributed by atoms with Gasteiger partial charge in [-0.1, -0.05) is 23.7 Å². The molecule has 0 bridgehead atoms. The first-order valence-electron chi connectivity index (χ1n) is 9.81. The number of halogens is 1. The maximum absolute atomic E-state index is 13.0. The maximum Gasteiger partial charge on any atom is 0.264 e. The third-order valence-electron chi connectivity index (χ3n) is 5.24. The van der Waals surface area contributed by atoms with Crippen LogP contribution in [0.1, 0.15) is 10.4 Å². The quantitative estimate of drug-likeness (QED) is 0.699. The van der Waals surface area contributed by atoms with Crippen molar-refractivity contribution in [3.8, 4) is 0 Å². The maximum atomic E-state index is 13.0. The van der Waals surface area contributed by atoms with Gasteiger partial charge in [-0.05, 0) is 43.4 Å². The van der Waals surface area contributed by atoms with Gasteiger partial charge in [0.15, 0.2) is 0 Å². The smallest absolute Gasteiger partial charge is 0.264 e. The fourth-order valence-electron chi connectivity index (χ4n) is 3.27. The van der Waals surface area contributed by atoms with Crippen molar-refractivity contribution in [3.63, 3.8) is 0 Å². The van der Waals surface area contributed by atoms with Crippen LogP contribution in [0.25, 0.3) is 0 Å². The predicted octanol–water partition coefficient (Wildman–Crippen LogP) is 2.14. The minimum atomic E-state index is -3.83. The van der Waals surface area contributed by atoms with Gasteiger partial charge in [-0.25, -0.2) is 8.42 Å². The molecule has 0 spiro atoms. The molecule has 2 aromatic rings. The first kappa shape index (κ1) is 22.6. The molecule has 2 aromatic carbocycles. The summed E-state index contributed by atoms with van der Waals surface area (Å²) in [6, 6.07) is 12.7. The van der Waals surface area contributed by atoms with Crippen LogP contribution >= 0.6 is 11.6 Å². The molecule has 1 N–H and O–H groups in total. The Balaban J connectivity index is 1.65. The lowest BCUT2D eigenvalue weighted by Gasteiger charge is -2.32. The molecule has 1 amide bonds. The minimum Gasteiger partial charge on any atom is -0.351 e. The van der Waals surface area contributed by atoms with Crippen LogP contribution < -0.4 is 9.62 Å². The van der Waals surface area contributed by atoms with E-state index in [-0.39, 0.29) is 10.8 Å². The molecular weight excluding hydrogens is 424 g/mol. The average molecular weight is 451 g/mol. The van der Waals surface area contributed by atoms with Crippen LogP contribution in [0, 0.1) is 0 Å². The number of benzene rings is 2. The predicted molar refractivity (Wildman–Crippen MR) is 120 cm³/mol. The number of anilines is 1. The van der Waals surface area contributed by atoms with Crippen molar-refractivity contribution in [3.05, 3.63) is 59.1 Å². The molecule has 0 saturated carbocycles. The number of carbonyl (C=O) groups is 1. The molecule has 9 heteroatoms. The highest BCUT2D eigenvalue weighted by Crippen LogP contribution is 2.25. The zero-order valence-electron chi connectivity index (χ0n) is 17.2. The molecule has 162 valence electrons. The van der Waals surface area contributed by atoms with Gasteiger partial charge in [0.1, 0.15) is 0 Å². The Morgan fingerprint density at radius 2 is 1.80 bits per heavy atom. The highest BCUT2D eigenvalue weighted by atomic mass is 35.5. The number of hydrogen-bond donors (Lipinski definition) is 1. The van der Waals surface area contributed by atoms with E-state index in [2.05, 4.69) is 22.2 Å². The lowest BCUT2D eigenvalue weighted by atomic mass is 10.2. The topological polar surface area (TPSA) is 73.0 Å². The third kappa shape index (κ3) is 5.51. The lowest BCUT2D eigenvalue weighted by Crippen LogP contribution is -2.46. The third-order valence-corrected chi connectivity index (χ3v) is 7.25. The SMILES string of the molecule is CN1CCN(CCNC(=O)c2cccc(S(=O)(=O)N(C)c3cccc(Cl)c3)c2)CC1. The Morgan fingerprint density at radius 1 is 1.10 bits per heavy atom. The zero-order chi connectivity index (χ0) is 21.7. The Morgan fingerprint density at radius 3 is 2.50 bits per heavy atom. The van der Waals surface area contributed by atoms with Crippen molar-refractivity contribution in [2.24, 2.45) is 0 Å². The van der Waals surface area contributed by atoms with E-state index in [1.807, 2.05) is 0 Å². The van der Waals surface area contributed by atoms with Crippen LogP contribution in [0.2, 0.25) is 5.02 Å². The molecule has 30 heavy (non-hydrogen) atoms. The standard InChI is InChI=1S/C21H27ClN4O3S/c1-24-11-13-26(14-12-24)10-9-23-21(27)17-5-3-8-20(15-17)30(28,29)25(2)19-7-4-6-18(22)16-19/h3-8,15-16H,9-14H2,1-2H3,(H,23,27). The van der Waals surface area contributed by atoms with Crippen LogP contribution in [0.3, 0.4) is 0 Å². The molecule has 7 nitrogen and oxygen atoms in total. The molecule has 1 aliphatic heterocycles. The van der Waals surface area contributed by atoms with E-state index >= 15 is 0 Å². The number of sulfonamides is 1. The van der Waals surface area contributed by atoms with Gasteiger partial charge < -0.3 is 10.2 Å². The van der Waals surface area contributed by atoms with Crippen LogP contribution in [0.4, 0.5) is 5.69 Å². The molecule has 0 aromatic heterocycles. The van der Waals surface area contributed by atoms with E-state index in [1.54, 1.807) is 36.4 Å². The Kier molecular flexibility index (Phi) is 7.36. The summed E-state index contributed by atoms with van der Waals surface area (Å²) in [5.41, 5.74) is 0.762. The van der Waals surface area contributed by atoms with Gasteiger partial charge in [0.2, 0.25) is 0 Å². The second-order valence-electron chi connectivity index (χ2n) is 7.38. The van der Waals surface area contributed by atoms with Crippen LogP contribution in [0.15, 0.2) is 53.4 Å². The number of rotatable bonds is 7. The zero-order valence-corrected chi connectivity index (χ0v) is 18.8. The summed E-state index contributed by atoms with van der Waals surface area (Å²) in [5, 5.41) is 3.33. The highest BCUT2D eigenvalue weighted by Gasteiger charge is 2.23. The second-order valence-corrected chi connectivity index (χ2v) is 9.79. The summed E-state index contributed by atoms with van der Waals surface area (Å²) < 4.78 is 27.2. The summed E-state index contributed by atoms with van der Waals surface area (Å²) in [6.07, 6.45) is 0. The van der Waals surface area contributed by atoms with Gasteiger partial charge >= 0.3 is 0 Å². The van der Waals surface area contributed by atoms with Crippen molar-refractivity contribution >= 4 is 33.2 Å². The lowest BCUT2D eigenvalue weighted by molar-refractivity contribution is 0.0941. The summed E-state index contributed by atoms with van der Waals surface area (Å²) in [6.45, 7) is 5.30. The first-order valence-corrected chi connectivity index (χ1v) is 11.6. The van der Waals surface area contributed by atoms with Crippen molar-refractivity contribution in [2.75, 3.05) is 57.7 Å². The molecule has 1 aliphatic rings. The first-order chi connectivity index (χ1) is 14.3. The Bertz CT molecular complexity index is 991. The molecule has 0 aliphatic carbocycles. The Labute approximate surface area is 183 Å². The fourth-order valence-corrected chi connectivity index (χ4v) is 4.69. The van der Waals surface area contributed by atoms with Gasteiger partial charge in [0, 0.05) is 56.9 Å². The largest absolute Gasteiger partial charge is 0.351 e. The number of amides is 1. The van der Waals surface area contributed by atoms with Gasteiger partial charge in [-0.2, -0.15) is 0 Å². The van der Waals surface area contributed by atoms with E-state index in [0.29, 0.717) is 22.8 Å². The molecule has 0 atom stereocenters. The van der Waals surface area contributed by atoms with Crippen LogP contribution in [-0.4, -0.2) is 77.5 Å². The number of likely N-dealkylation sites (N-methyl/N-ethyl adjacent to an activating group) is 1. The molecular formula is C21H27ClN4O3S. The average Bonchev–Trinajstić information content (AvgIpc) is 2.74. The fraction of sp³-hybridized carbons (Fsp3) is 0.381. The molecule has 0 radical (unpaired) electrons. The number of nitrogens with zero attached hydrogens (tertiary/aromatic N) is 3. The van der Waals surface area contributed by atoms with E-state index in [9.17, 15) is 13.2 Å². The summed E-state index contributed by atoms with van der Waals surface area (Å²) in [7, 11) is -0.263. The number of piperazine rings is 1. The minimum absolute atomic E-state index is 0.0525. The van der Waals surface area contributed by atoms with Gasteiger partial charge in [-0.3, -0.25) is 14.0 Å². The van der Waals surface area contributed by atoms with E-state index in [1.165, 1.54) is 19.2 Å². The molecule has 1 saturated heterocycles. The molecule has 1 heterocycles. The summed E-state index contributed by atoms with van der Waals surface area (Å²) in [5.74, 6) is -0.286. The molecule has 1 fully saturated rings. The van der Waals surface area contributed by atoms with Crippen LogP contribution in [-0.2, 0) is 10.0 Å². The normalized spacial score (nSPS) is 15.7. The molecule has 0 unspecified atom stereocenters. The van der Waals surface area contributed by atoms with Crippen molar-refractivity contribution < 1.29 is 13.2 Å². The van der Waals surface area contributed by atoms with Crippen molar-refractivity contribution in [1.82, 2.24) is 15.1 Å². The van der Waals surface area contributed by atoms with Gasteiger partial charge in [-0.15, -0.1) is 0 Å². The van der Waals surface area contributed by atoms with Crippen LogP contribution in [0.5, 0.6) is 0 Å². The summed E-state index contributed by atoms with van der Waals surface area (Å²) in [4.78, 5) is 17.2. The van der Waals surface area contributed by atoms with E-state index < -0.39 is 10.0 Å². The molecule has 3 rings (SSSR count). The number of hydrogen-bond acceptors (Lipinski definition) is 5. The van der Waals surface area contributed by atoms with E-state index in [4.69, 9.17) is 11.6 Å². The highest BCUT2D eigenvalue weighted by molar-refractivity contribution is 7.92. The second kappa shape index (κ2) is 9.78. The van der Waals surface area contributed by atoms with Crippen molar-refractivity contribution in [2.45, 2.75) is 4.90 Å². The van der Waals surface area contributed by atoms with Crippen molar-refractivity contribution in [1.29, 1.82) is 0 Å². The number of nitrogens with one attached hydrogen (secondary N) is 1. The monoisotopic (exact) mass is 450 g/mol.